The molecular weight excluding hydrogens is 224 g/mol. The van der Waals surface area contributed by atoms with E-state index in [-0.39, 0.29) is 5.75 Å². The molecule has 4 nitrogen and oxygen atoms in total. The smallest absolute Gasteiger partial charge is 0.321 e. The van der Waals surface area contributed by atoms with Crippen LogP contribution in [0.2, 0.25) is 5.02 Å². The number of hydrogen-bond donors (Lipinski definition) is 2. The van der Waals surface area contributed by atoms with Crippen LogP contribution in [0, 0.1) is 0 Å². The molecule has 0 aliphatic carbocycles. The highest BCUT2D eigenvalue weighted by Gasteiger charge is 2.12. The summed E-state index contributed by atoms with van der Waals surface area (Å²) in [5, 5.41) is 9.65. The average molecular weight is 233 g/mol. The lowest BCUT2D eigenvalue weighted by molar-refractivity contribution is -0.137. The van der Waals surface area contributed by atoms with Crippen LogP contribution in [0.5, 0.6) is 0 Å². The first-order chi connectivity index (χ1) is 6.61. The molecule has 76 valence electrons. The normalized spacial score (nSPS) is 12.4. The molecular formula is C8H9ClN2O2S. The Bertz CT molecular complexity index is 335. The van der Waals surface area contributed by atoms with Crippen molar-refractivity contribution >= 4 is 29.3 Å². The van der Waals surface area contributed by atoms with Crippen molar-refractivity contribution in [3.05, 3.63) is 23.4 Å². The van der Waals surface area contributed by atoms with E-state index >= 15 is 0 Å². The maximum absolute atomic E-state index is 10.4. The van der Waals surface area contributed by atoms with E-state index in [4.69, 9.17) is 22.4 Å². The summed E-state index contributed by atoms with van der Waals surface area (Å²) in [6, 6.07) is 2.52. The highest BCUT2D eigenvalue weighted by atomic mass is 35.5. The van der Waals surface area contributed by atoms with Crippen LogP contribution in [-0.2, 0) is 4.79 Å². The van der Waals surface area contributed by atoms with Gasteiger partial charge in [0.25, 0.3) is 0 Å². The maximum Gasteiger partial charge on any atom is 0.321 e. The van der Waals surface area contributed by atoms with Crippen LogP contribution in [-0.4, -0.2) is 27.9 Å². The van der Waals surface area contributed by atoms with Crippen LogP contribution in [0.4, 0.5) is 0 Å². The number of aromatic nitrogens is 1. The van der Waals surface area contributed by atoms with E-state index in [9.17, 15) is 4.79 Å². The van der Waals surface area contributed by atoms with Gasteiger partial charge in [0.15, 0.2) is 0 Å². The Kier molecular flexibility index (Phi) is 4.19. The highest BCUT2D eigenvalue weighted by Crippen LogP contribution is 2.24. The molecule has 0 aromatic carbocycles. The quantitative estimate of drug-likeness (QED) is 0.764. The lowest BCUT2D eigenvalue weighted by atomic mass is 10.4. The van der Waals surface area contributed by atoms with Gasteiger partial charge in [0.1, 0.15) is 11.1 Å². The molecule has 1 atom stereocenters. The fraction of sp³-hybridized carbons (Fsp3) is 0.250. The topological polar surface area (TPSA) is 76.2 Å². The molecule has 0 bridgehead atoms. The minimum atomic E-state index is -1.02. The number of halogens is 1. The molecule has 3 N–H and O–H groups in total. The van der Waals surface area contributed by atoms with Gasteiger partial charge in [-0.1, -0.05) is 11.6 Å². The minimum absolute atomic E-state index is 0.256. The zero-order chi connectivity index (χ0) is 10.6. The number of aliphatic carboxylic acids is 1. The Balaban J connectivity index is 2.54. The Labute approximate surface area is 90.5 Å². The van der Waals surface area contributed by atoms with Crippen LogP contribution >= 0.6 is 23.4 Å². The lowest BCUT2D eigenvalue weighted by Crippen LogP contribution is -2.32. The number of thioether (sulfide) groups is 1. The first-order valence-electron chi connectivity index (χ1n) is 3.83. The SMILES string of the molecule is NC(CSc1ncccc1Cl)C(=O)O. The Morgan fingerprint density at radius 2 is 2.50 bits per heavy atom. The van der Waals surface area contributed by atoms with Crippen molar-refractivity contribution in [2.45, 2.75) is 11.1 Å². The molecule has 1 aromatic rings. The summed E-state index contributed by atoms with van der Waals surface area (Å²) in [6.45, 7) is 0. The van der Waals surface area contributed by atoms with Crippen molar-refractivity contribution in [1.82, 2.24) is 4.98 Å². The van der Waals surface area contributed by atoms with Crippen LogP contribution in [0.25, 0.3) is 0 Å². The summed E-state index contributed by atoms with van der Waals surface area (Å²) in [5.41, 5.74) is 5.32. The fourth-order valence-electron chi connectivity index (χ4n) is 0.717. The summed E-state index contributed by atoms with van der Waals surface area (Å²) >= 11 is 7.05. The van der Waals surface area contributed by atoms with Gasteiger partial charge in [-0.15, -0.1) is 11.8 Å². The molecule has 0 aliphatic heterocycles. The van der Waals surface area contributed by atoms with Crippen molar-refractivity contribution in [2.24, 2.45) is 5.73 Å². The number of carboxylic acid groups (broad SMARTS) is 1. The molecule has 1 unspecified atom stereocenters. The van der Waals surface area contributed by atoms with Crippen LogP contribution in [0.3, 0.4) is 0 Å². The average Bonchev–Trinajstić information content (AvgIpc) is 2.16. The fourth-order valence-corrected chi connectivity index (χ4v) is 1.82. The number of nitrogens with zero attached hydrogens (tertiary/aromatic N) is 1. The van der Waals surface area contributed by atoms with E-state index in [0.717, 1.165) is 0 Å². The lowest BCUT2D eigenvalue weighted by Gasteiger charge is -2.05. The summed E-state index contributed by atoms with van der Waals surface area (Å²) < 4.78 is 0. The van der Waals surface area contributed by atoms with E-state index < -0.39 is 12.0 Å². The van der Waals surface area contributed by atoms with E-state index in [1.165, 1.54) is 11.8 Å². The van der Waals surface area contributed by atoms with E-state index in [2.05, 4.69) is 4.98 Å². The molecule has 0 radical (unpaired) electrons. The second-order valence-electron chi connectivity index (χ2n) is 2.55. The summed E-state index contributed by atoms with van der Waals surface area (Å²) in [6.07, 6.45) is 1.60. The summed E-state index contributed by atoms with van der Waals surface area (Å²) in [4.78, 5) is 14.4. The number of pyridine rings is 1. The molecule has 0 aliphatic rings. The van der Waals surface area contributed by atoms with Gasteiger partial charge in [0.2, 0.25) is 0 Å². The molecule has 1 aromatic heterocycles. The van der Waals surface area contributed by atoms with Crippen LogP contribution in [0.15, 0.2) is 23.4 Å². The van der Waals surface area contributed by atoms with Gasteiger partial charge in [-0.3, -0.25) is 4.79 Å². The number of carboxylic acids is 1. The first-order valence-corrected chi connectivity index (χ1v) is 5.19. The van der Waals surface area contributed by atoms with E-state index in [1.807, 2.05) is 0 Å². The molecule has 0 saturated heterocycles. The van der Waals surface area contributed by atoms with Gasteiger partial charge in [0.05, 0.1) is 5.02 Å². The molecule has 0 amide bonds. The number of nitrogens with two attached hydrogens (primary N) is 1. The standard InChI is InChI=1S/C8H9ClN2O2S/c9-5-2-1-3-11-7(5)14-4-6(10)8(12)13/h1-3,6H,4,10H2,(H,12,13). The van der Waals surface area contributed by atoms with Gasteiger partial charge in [0, 0.05) is 11.9 Å². The zero-order valence-electron chi connectivity index (χ0n) is 7.18. The third-order valence-corrected chi connectivity index (χ3v) is 2.98. The largest absolute Gasteiger partial charge is 0.480 e. The third-order valence-electron chi connectivity index (χ3n) is 1.44. The van der Waals surface area contributed by atoms with Gasteiger partial charge in [-0.2, -0.15) is 0 Å². The first kappa shape index (κ1) is 11.3. The maximum atomic E-state index is 10.4. The van der Waals surface area contributed by atoms with Crippen LogP contribution < -0.4 is 5.73 Å². The van der Waals surface area contributed by atoms with Gasteiger partial charge in [-0.05, 0) is 12.1 Å². The third kappa shape index (κ3) is 3.17. The van der Waals surface area contributed by atoms with Crippen molar-refractivity contribution in [2.75, 3.05) is 5.75 Å². The molecule has 6 heteroatoms. The van der Waals surface area contributed by atoms with Crippen molar-refractivity contribution < 1.29 is 9.90 Å². The van der Waals surface area contributed by atoms with Crippen LogP contribution in [0.1, 0.15) is 0 Å². The molecule has 1 rings (SSSR count). The Morgan fingerprint density at radius 3 is 3.07 bits per heavy atom. The van der Waals surface area contributed by atoms with Gasteiger partial charge < -0.3 is 10.8 Å². The summed E-state index contributed by atoms with van der Waals surface area (Å²) in [7, 11) is 0. The number of carbonyl (C=O) groups is 1. The molecule has 14 heavy (non-hydrogen) atoms. The molecule has 0 spiro atoms. The highest BCUT2D eigenvalue weighted by molar-refractivity contribution is 7.99. The number of rotatable bonds is 4. The van der Waals surface area contributed by atoms with Crippen molar-refractivity contribution in [3.63, 3.8) is 0 Å². The molecule has 0 fully saturated rings. The van der Waals surface area contributed by atoms with E-state index in [0.29, 0.717) is 10.0 Å². The predicted octanol–water partition coefficient (Wildman–Crippen LogP) is 1.24. The van der Waals surface area contributed by atoms with Gasteiger partial charge >= 0.3 is 5.97 Å². The minimum Gasteiger partial charge on any atom is -0.480 e. The Morgan fingerprint density at radius 1 is 1.79 bits per heavy atom. The second kappa shape index (κ2) is 5.19. The molecule has 0 saturated carbocycles. The van der Waals surface area contributed by atoms with E-state index in [1.54, 1.807) is 18.3 Å². The molecule has 1 heterocycles. The Hall–Kier alpha value is -0.780. The number of hydrogen-bond acceptors (Lipinski definition) is 4. The zero-order valence-corrected chi connectivity index (χ0v) is 8.76. The summed E-state index contributed by atoms with van der Waals surface area (Å²) in [5.74, 6) is -0.768. The second-order valence-corrected chi connectivity index (χ2v) is 3.96. The van der Waals surface area contributed by atoms with Crippen molar-refractivity contribution in [3.8, 4) is 0 Å². The monoisotopic (exact) mass is 232 g/mol. The van der Waals surface area contributed by atoms with Gasteiger partial charge in [-0.25, -0.2) is 4.98 Å². The predicted molar refractivity (Wildman–Crippen MR) is 55.6 cm³/mol. The van der Waals surface area contributed by atoms with Crippen molar-refractivity contribution in [1.29, 1.82) is 0 Å².